The minimum absolute atomic E-state index is 0.0680. The Morgan fingerprint density at radius 1 is 1.02 bits per heavy atom. The molecule has 222 valence electrons. The van der Waals surface area contributed by atoms with E-state index in [9.17, 15) is 4.79 Å². The van der Waals surface area contributed by atoms with Crippen molar-refractivity contribution in [2.45, 2.75) is 96.0 Å². The predicted molar refractivity (Wildman–Crippen MR) is 166 cm³/mol. The first-order valence-corrected chi connectivity index (χ1v) is 17.6. The standard InChI is InChI=1S/C35H48O5Si/c1-35(2,3)41(28-15-6-4-7-16-28,29-17-8-5-9-18-29)39-25-31-30-23-26(14-10-11-19-33(36)37)22-27(30)24-32(31)40-34-20-12-13-21-38-34/h4-9,14-18,27,30-32,34H,10-13,19-25H2,1-3H3,(H,36,37)/b26-14+/t27-,30-,31+,32+,34?/m0/s1. The monoisotopic (exact) mass is 576 g/mol. The normalized spacial score (nSPS) is 27.7. The lowest BCUT2D eigenvalue weighted by Gasteiger charge is -2.44. The van der Waals surface area contributed by atoms with Gasteiger partial charge in [0.2, 0.25) is 0 Å². The SMILES string of the molecule is CC(C)(C)[Si](OC[C@@H]1[C@H]2C/C(=C/CCCC(=O)O)C[C@H]2C[C@H]1OC1CCCCO1)(c1ccccc1)c1ccccc1. The Morgan fingerprint density at radius 3 is 2.29 bits per heavy atom. The summed E-state index contributed by atoms with van der Waals surface area (Å²) in [4.78, 5) is 11.0. The van der Waals surface area contributed by atoms with Gasteiger partial charge in [0.1, 0.15) is 0 Å². The van der Waals surface area contributed by atoms with E-state index >= 15 is 0 Å². The van der Waals surface area contributed by atoms with Gasteiger partial charge in [-0.25, -0.2) is 0 Å². The van der Waals surface area contributed by atoms with E-state index in [0.29, 0.717) is 30.8 Å². The van der Waals surface area contributed by atoms with Crippen molar-refractivity contribution in [1.29, 1.82) is 0 Å². The molecular formula is C35H48O5Si. The van der Waals surface area contributed by atoms with Gasteiger partial charge in [-0.3, -0.25) is 4.79 Å². The van der Waals surface area contributed by atoms with Crippen LogP contribution < -0.4 is 10.4 Å². The van der Waals surface area contributed by atoms with Crippen LogP contribution in [-0.4, -0.2) is 45.0 Å². The van der Waals surface area contributed by atoms with Crippen LogP contribution in [0, 0.1) is 17.8 Å². The van der Waals surface area contributed by atoms with Crippen molar-refractivity contribution >= 4 is 24.7 Å². The largest absolute Gasteiger partial charge is 0.481 e. The van der Waals surface area contributed by atoms with Crippen molar-refractivity contribution in [2.24, 2.45) is 17.8 Å². The molecule has 0 aromatic heterocycles. The van der Waals surface area contributed by atoms with Gasteiger partial charge in [-0.05, 0) is 78.6 Å². The summed E-state index contributed by atoms with van der Waals surface area (Å²) in [6.45, 7) is 8.49. The number of carboxylic acids is 1. The van der Waals surface area contributed by atoms with Crippen LogP contribution in [0.1, 0.15) is 78.6 Å². The first-order chi connectivity index (χ1) is 19.8. The maximum atomic E-state index is 11.0. The van der Waals surface area contributed by atoms with Gasteiger partial charge in [0.15, 0.2) is 6.29 Å². The first kappa shape index (κ1) is 30.2. The van der Waals surface area contributed by atoms with Gasteiger partial charge in [-0.15, -0.1) is 0 Å². The second kappa shape index (κ2) is 13.4. The average molecular weight is 577 g/mol. The highest BCUT2D eigenvalue weighted by atomic mass is 28.4. The molecule has 3 aliphatic rings. The molecule has 0 spiro atoms. The van der Waals surface area contributed by atoms with E-state index in [0.717, 1.165) is 51.6 Å². The lowest BCUT2D eigenvalue weighted by atomic mass is 9.92. The second-order valence-corrected chi connectivity index (χ2v) is 17.6. The van der Waals surface area contributed by atoms with Crippen molar-refractivity contribution in [3.8, 4) is 0 Å². The van der Waals surface area contributed by atoms with Crippen LogP contribution in [0.4, 0.5) is 0 Å². The summed E-state index contributed by atoms with van der Waals surface area (Å²) >= 11 is 0. The van der Waals surface area contributed by atoms with Crippen LogP contribution in [-0.2, 0) is 18.7 Å². The fourth-order valence-electron chi connectivity index (χ4n) is 7.66. The van der Waals surface area contributed by atoms with Gasteiger partial charge in [-0.2, -0.15) is 0 Å². The van der Waals surface area contributed by atoms with Crippen molar-refractivity contribution in [3.05, 3.63) is 72.3 Å². The third-order valence-electron chi connectivity index (χ3n) is 9.59. The second-order valence-electron chi connectivity index (χ2n) is 13.3. The molecule has 0 amide bonds. The zero-order chi connectivity index (χ0) is 28.9. The number of hydrogen-bond donors (Lipinski definition) is 1. The molecule has 2 aliphatic carbocycles. The molecule has 0 radical (unpaired) electrons. The highest BCUT2D eigenvalue weighted by Gasteiger charge is 2.53. The first-order valence-electron chi connectivity index (χ1n) is 15.7. The summed E-state index contributed by atoms with van der Waals surface area (Å²) in [6.07, 6.45) is 10.6. The van der Waals surface area contributed by atoms with E-state index in [-0.39, 0.29) is 23.9 Å². The van der Waals surface area contributed by atoms with E-state index in [1.807, 2.05) is 0 Å². The lowest BCUT2D eigenvalue weighted by Crippen LogP contribution is -2.67. The molecule has 5 rings (SSSR count). The van der Waals surface area contributed by atoms with E-state index in [4.69, 9.17) is 19.0 Å². The average Bonchev–Trinajstić information content (AvgIpc) is 3.49. The fraction of sp³-hybridized carbons (Fsp3) is 0.571. The van der Waals surface area contributed by atoms with Crippen LogP contribution in [0.15, 0.2) is 72.3 Å². The number of unbranched alkanes of at least 4 members (excludes halogenated alkanes) is 1. The Balaban J connectivity index is 1.42. The van der Waals surface area contributed by atoms with Crippen LogP contribution in [0.5, 0.6) is 0 Å². The Bertz CT molecular complexity index is 1110. The molecular weight excluding hydrogens is 528 g/mol. The molecule has 1 unspecified atom stereocenters. The lowest BCUT2D eigenvalue weighted by molar-refractivity contribution is -0.197. The number of aliphatic carboxylic acids is 1. The minimum atomic E-state index is -2.65. The zero-order valence-electron chi connectivity index (χ0n) is 25.1. The summed E-state index contributed by atoms with van der Waals surface area (Å²) in [6, 6.07) is 21.8. The van der Waals surface area contributed by atoms with Gasteiger partial charge in [-0.1, -0.05) is 93.1 Å². The molecule has 5 nitrogen and oxygen atoms in total. The zero-order valence-corrected chi connectivity index (χ0v) is 26.1. The predicted octanol–water partition coefficient (Wildman–Crippen LogP) is 6.70. The van der Waals surface area contributed by atoms with Crippen LogP contribution in [0.2, 0.25) is 5.04 Å². The minimum Gasteiger partial charge on any atom is -0.481 e. The Kier molecular flexibility index (Phi) is 9.85. The van der Waals surface area contributed by atoms with Gasteiger partial charge in [0.05, 0.1) is 6.10 Å². The van der Waals surface area contributed by atoms with Crippen molar-refractivity contribution in [2.75, 3.05) is 13.2 Å². The molecule has 3 fully saturated rings. The van der Waals surface area contributed by atoms with Crippen LogP contribution >= 0.6 is 0 Å². The molecule has 2 aromatic rings. The summed E-state index contributed by atoms with van der Waals surface area (Å²) in [5, 5.41) is 11.6. The van der Waals surface area contributed by atoms with Gasteiger partial charge in [0, 0.05) is 25.6 Å². The van der Waals surface area contributed by atoms with E-state index in [1.165, 1.54) is 15.9 Å². The number of fused-ring (bicyclic) bond motifs is 1. The quantitative estimate of drug-likeness (QED) is 0.183. The number of hydrogen-bond acceptors (Lipinski definition) is 4. The Labute approximate surface area is 247 Å². The molecule has 1 saturated heterocycles. The molecule has 6 heteroatoms. The fourth-order valence-corrected chi connectivity index (χ4v) is 12.3. The maximum absolute atomic E-state index is 11.0. The molecule has 41 heavy (non-hydrogen) atoms. The molecule has 2 aromatic carbocycles. The number of carbonyl (C=O) groups is 1. The van der Waals surface area contributed by atoms with Crippen molar-refractivity contribution in [3.63, 3.8) is 0 Å². The highest BCUT2D eigenvalue weighted by Crippen LogP contribution is 2.52. The van der Waals surface area contributed by atoms with Crippen molar-refractivity contribution < 1.29 is 23.8 Å². The number of rotatable bonds is 11. The molecule has 1 aliphatic heterocycles. The molecule has 1 N–H and O–H groups in total. The molecule has 5 atom stereocenters. The van der Waals surface area contributed by atoms with E-state index in [1.54, 1.807) is 0 Å². The van der Waals surface area contributed by atoms with Crippen molar-refractivity contribution in [1.82, 2.24) is 0 Å². The van der Waals surface area contributed by atoms with Gasteiger partial charge >= 0.3 is 5.97 Å². The third-order valence-corrected chi connectivity index (χ3v) is 14.6. The number of ether oxygens (including phenoxy) is 2. The topological polar surface area (TPSA) is 65.0 Å². The third kappa shape index (κ3) is 6.88. The van der Waals surface area contributed by atoms with Gasteiger partial charge < -0.3 is 19.0 Å². The number of carboxylic acid groups (broad SMARTS) is 1. The summed E-state index contributed by atoms with van der Waals surface area (Å²) in [5.74, 6) is 0.698. The summed E-state index contributed by atoms with van der Waals surface area (Å²) in [7, 11) is -2.65. The smallest absolute Gasteiger partial charge is 0.303 e. The molecule has 0 bridgehead atoms. The number of allylic oxidation sites excluding steroid dienone is 2. The van der Waals surface area contributed by atoms with E-state index < -0.39 is 14.3 Å². The Hall–Kier alpha value is -2.25. The highest BCUT2D eigenvalue weighted by molar-refractivity contribution is 6.99. The maximum Gasteiger partial charge on any atom is 0.303 e. The summed E-state index contributed by atoms with van der Waals surface area (Å²) in [5.41, 5.74) is 1.49. The Morgan fingerprint density at radius 2 is 1.71 bits per heavy atom. The van der Waals surface area contributed by atoms with Crippen LogP contribution in [0.3, 0.4) is 0 Å². The van der Waals surface area contributed by atoms with Gasteiger partial charge in [0.25, 0.3) is 8.32 Å². The molecule has 1 heterocycles. The summed E-state index contributed by atoms with van der Waals surface area (Å²) < 4.78 is 20.3. The number of benzene rings is 2. The van der Waals surface area contributed by atoms with E-state index in [2.05, 4.69) is 87.5 Å². The van der Waals surface area contributed by atoms with Crippen LogP contribution in [0.25, 0.3) is 0 Å². The molecule has 2 saturated carbocycles.